The molecule has 0 radical (unpaired) electrons. The Kier molecular flexibility index (Phi) is 6.51. The maximum atomic E-state index is 13.0. The highest BCUT2D eigenvalue weighted by Gasteiger charge is 2.19. The number of anilines is 1. The molecule has 5 nitrogen and oxygen atoms in total. The van der Waals surface area contributed by atoms with Crippen LogP contribution in [0, 0.1) is 27.7 Å². The highest BCUT2D eigenvalue weighted by Crippen LogP contribution is 2.24. The minimum absolute atomic E-state index is 0.177. The Morgan fingerprint density at radius 3 is 2.16 bits per heavy atom. The molecule has 3 aromatic carbocycles. The van der Waals surface area contributed by atoms with Gasteiger partial charge in [-0.05, 0) is 75.6 Å². The smallest absolute Gasteiger partial charge is 0.261 e. The van der Waals surface area contributed by atoms with Gasteiger partial charge in [0, 0.05) is 5.56 Å². The molecule has 0 heterocycles. The number of carbonyl (C=O) groups is 1. The number of hydrogen-bond acceptors (Lipinski definition) is 3. The number of aryl methyl sites for hydroxylation is 3. The molecule has 0 aliphatic rings. The van der Waals surface area contributed by atoms with Gasteiger partial charge < -0.3 is 5.32 Å². The molecule has 0 saturated heterocycles. The monoisotopic (exact) mass is 436 g/mol. The van der Waals surface area contributed by atoms with Crippen LogP contribution in [0.25, 0.3) is 0 Å². The number of nitrogens with one attached hydrogen (secondary N) is 2. The van der Waals surface area contributed by atoms with Crippen molar-refractivity contribution in [2.75, 3.05) is 4.72 Å². The molecule has 0 fully saturated rings. The fraction of sp³-hybridized carbons (Fsp3) is 0.240. The van der Waals surface area contributed by atoms with E-state index in [-0.39, 0.29) is 16.8 Å². The van der Waals surface area contributed by atoms with Crippen LogP contribution in [0.15, 0.2) is 65.6 Å². The fourth-order valence-corrected chi connectivity index (χ4v) is 4.70. The van der Waals surface area contributed by atoms with Crippen molar-refractivity contribution in [2.24, 2.45) is 0 Å². The van der Waals surface area contributed by atoms with E-state index in [2.05, 4.69) is 16.1 Å². The lowest BCUT2D eigenvalue weighted by atomic mass is 9.99. The van der Waals surface area contributed by atoms with Gasteiger partial charge in [0.1, 0.15) is 0 Å². The van der Waals surface area contributed by atoms with Crippen LogP contribution in [-0.4, -0.2) is 14.3 Å². The van der Waals surface area contributed by atoms with Crippen LogP contribution in [0.3, 0.4) is 0 Å². The first-order valence-corrected chi connectivity index (χ1v) is 11.6. The van der Waals surface area contributed by atoms with Gasteiger partial charge in [-0.25, -0.2) is 8.42 Å². The topological polar surface area (TPSA) is 75.3 Å². The number of carbonyl (C=O) groups excluding carboxylic acids is 1. The molecule has 0 aromatic heterocycles. The van der Waals surface area contributed by atoms with Crippen molar-refractivity contribution in [1.29, 1.82) is 0 Å². The number of hydrogen-bond donors (Lipinski definition) is 2. The van der Waals surface area contributed by atoms with Gasteiger partial charge in [-0.15, -0.1) is 0 Å². The summed E-state index contributed by atoms with van der Waals surface area (Å²) in [6.45, 7) is 9.64. The van der Waals surface area contributed by atoms with E-state index in [4.69, 9.17) is 0 Å². The van der Waals surface area contributed by atoms with Crippen LogP contribution in [0.4, 0.5) is 5.69 Å². The molecule has 0 aliphatic heterocycles. The largest absolute Gasteiger partial charge is 0.345 e. The van der Waals surface area contributed by atoms with Crippen LogP contribution < -0.4 is 10.0 Å². The minimum Gasteiger partial charge on any atom is -0.345 e. The lowest BCUT2D eigenvalue weighted by Gasteiger charge is -2.19. The fourth-order valence-electron chi connectivity index (χ4n) is 3.58. The van der Waals surface area contributed by atoms with Gasteiger partial charge >= 0.3 is 0 Å². The van der Waals surface area contributed by atoms with E-state index in [1.165, 1.54) is 5.56 Å². The first-order chi connectivity index (χ1) is 14.6. The first-order valence-electron chi connectivity index (χ1n) is 10.2. The average Bonchev–Trinajstić information content (AvgIpc) is 2.69. The standard InChI is InChI=1S/C25H28N2O3S/c1-16-9-12-21(13-10-16)31(29,30)27-24-8-6-7-23(19(24)4)25(28)26-20(5)22-14-11-17(2)15-18(22)3/h6-15,20,27H,1-5H3,(H,26,28)/t20-/m0/s1. The van der Waals surface area contributed by atoms with E-state index in [0.29, 0.717) is 16.8 Å². The Morgan fingerprint density at radius 1 is 0.871 bits per heavy atom. The van der Waals surface area contributed by atoms with Crippen LogP contribution >= 0.6 is 0 Å². The molecule has 6 heteroatoms. The number of rotatable bonds is 6. The van der Waals surface area contributed by atoms with Gasteiger partial charge in [0.05, 0.1) is 16.6 Å². The summed E-state index contributed by atoms with van der Waals surface area (Å²) in [5, 5.41) is 3.03. The molecule has 0 bridgehead atoms. The van der Waals surface area contributed by atoms with Gasteiger partial charge in [-0.1, -0.05) is 47.5 Å². The molecule has 0 saturated carbocycles. The van der Waals surface area contributed by atoms with E-state index in [0.717, 1.165) is 16.7 Å². The molecular formula is C25H28N2O3S. The molecule has 3 rings (SSSR count). The molecule has 3 aromatic rings. The zero-order valence-corrected chi connectivity index (χ0v) is 19.3. The lowest BCUT2D eigenvalue weighted by Crippen LogP contribution is -2.28. The predicted octanol–water partition coefficient (Wildman–Crippen LogP) is 5.21. The molecule has 0 aliphatic carbocycles. The Bertz CT molecular complexity index is 1220. The summed E-state index contributed by atoms with van der Waals surface area (Å²) in [5.41, 5.74) is 5.70. The molecule has 2 N–H and O–H groups in total. The highest BCUT2D eigenvalue weighted by atomic mass is 32.2. The van der Waals surface area contributed by atoms with Crippen molar-refractivity contribution >= 4 is 21.6 Å². The van der Waals surface area contributed by atoms with Gasteiger partial charge in [0.2, 0.25) is 0 Å². The number of benzene rings is 3. The quantitative estimate of drug-likeness (QED) is 0.557. The van der Waals surface area contributed by atoms with Gasteiger partial charge in [0.15, 0.2) is 0 Å². The summed E-state index contributed by atoms with van der Waals surface area (Å²) < 4.78 is 28.1. The predicted molar refractivity (Wildman–Crippen MR) is 125 cm³/mol. The minimum atomic E-state index is -3.75. The SMILES string of the molecule is Cc1ccc(S(=O)(=O)Nc2cccc(C(=O)N[C@@H](C)c3ccc(C)cc3C)c2C)cc1. The summed E-state index contributed by atoms with van der Waals surface area (Å²) in [7, 11) is -3.75. The Morgan fingerprint density at radius 2 is 1.52 bits per heavy atom. The van der Waals surface area contributed by atoms with Crippen molar-refractivity contribution in [1.82, 2.24) is 5.32 Å². The zero-order valence-electron chi connectivity index (χ0n) is 18.5. The molecule has 0 spiro atoms. The highest BCUT2D eigenvalue weighted by molar-refractivity contribution is 7.92. The van der Waals surface area contributed by atoms with E-state index in [9.17, 15) is 13.2 Å². The maximum absolute atomic E-state index is 13.0. The van der Waals surface area contributed by atoms with Gasteiger partial charge in [-0.3, -0.25) is 9.52 Å². The second kappa shape index (κ2) is 8.94. The number of sulfonamides is 1. The van der Waals surface area contributed by atoms with Crippen LogP contribution in [-0.2, 0) is 10.0 Å². The van der Waals surface area contributed by atoms with Crippen molar-refractivity contribution in [3.05, 3.63) is 94.0 Å². The maximum Gasteiger partial charge on any atom is 0.261 e. The van der Waals surface area contributed by atoms with Crippen molar-refractivity contribution in [3.8, 4) is 0 Å². The lowest BCUT2D eigenvalue weighted by molar-refractivity contribution is 0.0939. The zero-order chi connectivity index (χ0) is 22.8. The van der Waals surface area contributed by atoms with Gasteiger partial charge in [-0.2, -0.15) is 0 Å². The third-order valence-corrected chi connectivity index (χ3v) is 6.77. The third kappa shape index (κ3) is 5.14. The number of amides is 1. The van der Waals surface area contributed by atoms with E-state index in [1.807, 2.05) is 39.8 Å². The Hall–Kier alpha value is -3.12. The van der Waals surface area contributed by atoms with E-state index in [1.54, 1.807) is 49.4 Å². The Balaban J connectivity index is 1.82. The molecule has 1 atom stereocenters. The molecular weight excluding hydrogens is 408 g/mol. The summed E-state index contributed by atoms with van der Waals surface area (Å²) in [6.07, 6.45) is 0. The molecule has 1 amide bonds. The summed E-state index contributed by atoms with van der Waals surface area (Å²) in [4.78, 5) is 13.1. The summed E-state index contributed by atoms with van der Waals surface area (Å²) in [5.74, 6) is -0.249. The molecule has 0 unspecified atom stereocenters. The third-order valence-electron chi connectivity index (χ3n) is 5.39. The second-order valence-corrected chi connectivity index (χ2v) is 9.63. The van der Waals surface area contributed by atoms with Crippen molar-refractivity contribution in [2.45, 2.75) is 45.6 Å². The molecule has 31 heavy (non-hydrogen) atoms. The normalized spacial score (nSPS) is 12.3. The molecule has 162 valence electrons. The van der Waals surface area contributed by atoms with Crippen LogP contribution in [0.2, 0.25) is 0 Å². The van der Waals surface area contributed by atoms with Crippen LogP contribution in [0.5, 0.6) is 0 Å². The second-order valence-electron chi connectivity index (χ2n) is 7.95. The summed E-state index contributed by atoms with van der Waals surface area (Å²) >= 11 is 0. The van der Waals surface area contributed by atoms with Crippen molar-refractivity contribution in [3.63, 3.8) is 0 Å². The first kappa shape index (κ1) is 22.6. The van der Waals surface area contributed by atoms with Crippen molar-refractivity contribution < 1.29 is 13.2 Å². The van der Waals surface area contributed by atoms with Gasteiger partial charge in [0.25, 0.3) is 15.9 Å². The van der Waals surface area contributed by atoms with E-state index < -0.39 is 10.0 Å². The van der Waals surface area contributed by atoms with Crippen LogP contribution in [0.1, 0.15) is 51.1 Å². The average molecular weight is 437 g/mol. The van der Waals surface area contributed by atoms with E-state index >= 15 is 0 Å². The summed E-state index contributed by atoms with van der Waals surface area (Å²) in [6, 6.07) is 17.6. The Labute approximate surface area is 184 Å².